The van der Waals surface area contributed by atoms with Crippen LogP contribution in [0.25, 0.3) is 0 Å². The van der Waals surface area contributed by atoms with Crippen LogP contribution in [0.4, 0.5) is 0 Å². The Hall–Kier alpha value is -0.550. The van der Waals surface area contributed by atoms with E-state index in [4.69, 9.17) is 22.1 Å². The summed E-state index contributed by atoms with van der Waals surface area (Å²) in [6.45, 7) is 0. The van der Waals surface area contributed by atoms with E-state index in [9.17, 15) is 0 Å². The minimum Gasteiger partial charge on any atom is -0.496 e. The van der Waals surface area contributed by atoms with Gasteiger partial charge in [0.05, 0.1) is 11.6 Å². The van der Waals surface area contributed by atoms with E-state index in [-0.39, 0.29) is 6.04 Å². The summed E-state index contributed by atoms with van der Waals surface area (Å²) in [4.78, 5) is 0. The quantitative estimate of drug-likeness (QED) is 0.747. The van der Waals surface area contributed by atoms with Crippen molar-refractivity contribution in [1.82, 2.24) is 0 Å². The van der Waals surface area contributed by atoms with Crippen LogP contribution in [0.15, 0.2) is 45.3 Å². The molecule has 1 unspecified atom stereocenters. The third-order valence-electron chi connectivity index (χ3n) is 3.03. The van der Waals surface area contributed by atoms with Gasteiger partial charge in [0.15, 0.2) is 0 Å². The molecule has 0 bridgehead atoms. The van der Waals surface area contributed by atoms with Crippen LogP contribution >= 0.6 is 43.5 Å². The molecule has 0 saturated heterocycles. The molecule has 0 heterocycles. The fraction of sp³-hybridized carbons (Fsp3) is 0.200. The number of nitrogens with two attached hydrogens (primary N) is 1. The zero-order valence-corrected chi connectivity index (χ0v) is 14.8. The van der Waals surface area contributed by atoms with Gasteiger partial charge in [-0.2, -0.15) is 0 Å². The van der Waals surface area contributed by atoms with Gasteiger partial charge in [-0.25, -0.2) is 0 Å². The second kappa shape index (κ2) is 6.94. The van der Waals surface area contributed by atoms with E-state index in [2.05, 4.69) is 31.9 Å². The predicted molar refractivity (Wildman–Crippen MR) is 90.5 cm³/mol. The number of benzene rings is 2. The van der Waals surface area contributed by atoms with Crippen molar-refractivity contribution in [3.8, 4) is 5.75 Å². The van der Waals surface area contributed by atoms with E-state index in [1.165, 1.54) is 0 Å². The normalized spacial score (nSPS) is 12.2. The fourth-order valence-electron chi connectivity index (χ4n) is 2.00. The maximum Gasteiger partial charge on any atom is 0.133 e. The van der Waals surface area contributed by atoms with E-state index in [1.807, 2.05) is 36.4 Å². The number of hydrogen-bond acceptors (Lipinski definition) is 2. The zero-order valence-electron chi connectivity index (χ0n) is 10.9. The van der Waals surface area contributed by atoms with Crippen molar-refractivity contribution < 1.29 is 4.74 Å². The van der Waals surface area contributed by atoms with E-state index >= 15 is 0 Å². The van der Waals surface area contributed by atoms with Crippen molar-refractivity contribution in [2.75, 3.05) is 7.11 Å². The Morgan fingerprint density at radius 1 is 1.20 bits per heavy atom. The molecule has 0 aromatic heterocycles. The first-order valence-electron chi connectivity index (χ1n) is 6.04. The molecule has 106 valence electrons. The minimum absolute atomic E-state index is 0.143. The molecule has 0 saturated carbocycles. The van der Waals surface area contributed by atoms with Gasteiger partial charge in [-0.15, -0.1) is 0 Å². The van der Waals surface area contributed by atoms with Crippen LogP contribution in [0.5, 0.6) is 5.75 Å². The Kier molecular flexibility index (Phi) is 5.49. The Morgan fingerprint density at radius 2 is 1.95 bits per heavy atom. The first-order valence-corrected chi connectivity index (χ1v) is 8.00. The standard InChI is InChI=1S/C15H14Br2ClNO/c1-20-15-5-2-9(6-12(15)17)7-14(19)11-4-3-10(16)8-13(11)18/h2-6,8,14H,7,19H2,1H3. The maximum absolute atomic E-state index is 6.25. The molecule has 0 aliphatic heterocycles. The summed E-state index contributed by atoms with van der Waals surface area (Å²) >= 11 is 13.1. The van der Waals surface area contributed by atoms with Crippen molar-refractivity contribution in [3.63, 3.8) is 0 Å². The summed E-state index contributed by atoms with van der Waals surface area (Å²) in [7, 11) is 1.65. The molecule has 5 heteroatoms. The average molecular weight is 420 g/mol. The molecular weight excluding hydrogens is 405 g/mol. The zero-order chi connectivity index (χ0) is 14.7. The van der Waals surface area contributed by atoms with Gasteiger partial charge in [0.1, 0.15) is 5.75 Å². The molecular formula is C15H14Br2ClNO. The summed E-state index contributed by atoms with van der Waals surface area (Å²) < 4.78 is 7.09. The van der Waals surface area contributed by atoms with Crippen LogP contribution in [0.3, 0.4) is 0 Å². The maximum atomic E-state index is 6.25. The first kappa shape index (κ1) is 15.8. The lowest BCUT2D eigenvalue weighted by molar-refractivity contribution is 0.412. The summed E-state index contributed by atoms with van der Waals surface area (Å²) in [5.74, 6) is 0.809. The summed E-state index contributed by atoms with van der Waals surface area (Å²) in [5.41, 5.74) is 8.33. The Labute approximate surface area is 140 Å². The van der Waals surface area contributed by atoms with Gasteiger partial charge in [-0.05, 0) is 57.7 Å². The monoisotopic (exact) mass is 417 g/mol. The third kappa shape index (κ3) is 3.76. The minimum atomic E-state index is -0.143. The van der Waals surface area contributed by atoms with Gasteiger partial charge in [0, 0.05) is 15.5 Å². The van der Waals surface area contributed by atoms with Crippen LogP contribution in [-0.4, -0.2) is 7.11 Å². The van der Waals surface area contributed by atoms with E-state index in [0.717, 1.165) is 25.8 Å². The molecule has 2 aromatic carbocycles. The van der Waals surface area contributed by atoms with Crippen LogP contribution in [0.2, 0.25) is 5.02 Å². The fourth-order valence-corrected chi connectivity index (χ4v) is 3.40. The summed E-state index contributed by atoms with van der Waals surface area (Å²) in [6, 6.07) is 11.6. The second-order valence-electron chi connectivity index (χ2n) is 4.45. The van der Waals surface area contributed by atoms with Crippen molar-refractivity contribution in [1.29, 1.82) is 0 Å². The highest BCUT2D eigenvalue weighted by atomic mass is 79.9. The van der Waals surface area contributed by atoms with Gasteiger partial charge < -0.3 is 10.5 Å². The van der Waals surface area contributed by atoms with Crippen LogP contribution in [0.1, 0.15) is 17.2 Å². The van der Waals surface area contributed by atoms with Crippen molar-refractivity contribution >= 4 is 43.5 Å². The molecule has 2 nitrogen and oxygen atoms in total. The van der Waals surface area contributed by atoms with Crippen LogP contribution in [-0.2, 0) is 6.42 Å². The lowest BCUT2D eigenvalue weighted by Crippen LogP contribution is -2.13. The Bertz CT molecular complexity index is 619. The largest absolute Gasteiger partial charge is 0.496 e. The molecule has 2 N–H and O–H groups in total. The lowest BCUT2D eigenvalue weighted by Gasteiger charge is -2.15. The van der Waals surface area contributed by atoms with Crippen LogP contribution < -0.4 is 10.5 Å². The van der Waals surface area contributed by atoms with Gasteiger partial charge in [0.2, 0.25) is 0 Å². The topological polar surface area (TPSA) is 35.2 Å². The van der Waals surface area contributed by atoms with Gasteiger partial charge in [-0.3, -0.25) is 0 Å². The van der Waals surface area contributed by atoms with Crippen molar-refractivity contribution in [2.45, 2.75) is 12.5 Å². The molecule has 0 radical (unpaired) electrons. The summed E-state index contributed by atoms with van der Waals surface area (Å²) in [6.07, 6.45) is 0.712. The summed E-state index contributed by atoms with van der Waals surface area (Å²) in [5, 5.41) is 0.680. The highest BCUT2D eigenvalue weighted by Gasteiger charge is 2.12. The SMILES string of the molecule is COc1ccc(CC(N)c2ccc(Br)cc2Cl)cc1Br. The number of rotatable bonds is 4. The number of halogens is 3. The first-order chi connectivity index (χ1) is 9.51. The molecule has 2 rings (SSSR count). The van der Waals surface area contributed by atoms with E-state index in [0.29, 0.717) is 11.4 Å². The van der Waals surface area contributed by atoms with E-state index < -0.39 is 0 Å². The molecule has 1 atom stereocenters. The van der Waals surface area contributed by atoms with E-state index in [1.54, 1.807) is 7.11 Å². The van der Waals surface area contributed by atoms with Crippen LogP contribution in [0, 0.1) is 0 Å². The third-order valence-corrected chi connectivity index (χ3v) is 4.47. The average Bonchev–Trinajstić information content (AvgIpc) is 2.38. The number of ether oxygens (including phenoxy) is 1. The molecule has 0 fully saturated rings. The highest BCUT2D eigenvalue weighted by Crippen LogP contribution is 2.30. The molecule has 2 aromatic rings. The number of methoxy groups -OCH3 is 1. The molecule has 0 aliphatic rings. The van der Waals surface area contributed by atoms with Crippen molar-refractivity contribution in [3.05, 3.63) is 61.5 Å². The Morgan fingerprint density at radius 3 is 2.55 bits per heavy atom. The van der Waals surface area contributed by atoms with Crippen molar-refractivity contribution in [2.24, 2.45) is 5.73 Å². The molecule has 20 heavy (non-hydrogen) atoms. The molecule has 0 amide bonds. The lowest BCUT2D eigenvalue weighted by atomic mass is 9.99. The second-order valence-corrected chi connectivity index (χ2v) is 6.62. The number of hydrogen-bond donors (Lipinski definition) is 1. The van der Waals surface area contributed by atoms with Gasteiger partial charge in [0.25, 0.3) is 0 Å². The van der Waals surface area contributed by atoms with Gasteiger partial charge in [-0.1, -0.05) is 39.7 Å². The highest BCUT2D eigenvalue weighted by molar-refractivity contribution is 9.10. The molecule has 0 spiro atoms. The molecule has 0 aliphatic carbocycles. The van der Waals surface area contributed by atoms with Gasteiger partial charge >= 0.3 is 0 Å². The smallest absolute Gasteiger partial charge is 0.133 e. The Balaban J connectivity index is 2.18. The predicted octanol–water partition coefficient (Wildman–Crippen LogP) is 5.12.